The molecule has 0 N–H and O–H groups in total. The van der Waals surface area contributed by atoms with Gasteiger partial charge in [-0.1, -0.05) is 168 Å². The fourth-order valence-electron chi connectivity index (χ4n) is 11.4. The van der Waals surface area contributed by atoms with E-state index in [1.807, 2.05) is 0 Å². The van der Waals surface area contributed by atoms with E-state index in [0.717, 1.165) is 12.8 Å². The van der Waals surface area contributed by atoms with E-state index in [-0.39, 0.29) is 16.2 Å². The molecule has 1 heteroatoms. The van der Waals surface area contributed by atoms with Crippen LogP contribution in [0.25, 0.3) is 16.7 Å². The number of rotatable bonds is 7. The number of hydrogen-bond acceptors (Lipinski definition) is 1. The summed E-state index contributed by atoms with van der Waals surface area (Å²) in [6.45, 7) is 13.0. The first-order valence-corrected chi connectivity index (χ1v) is 21.4. The van der Waals surface area contributed by atoms with Crippen LogP contribution in [-0.2, 0) is 0 Å². The summed E-state index contributed by atoms with van der Waals surface area (Å²) in [5.74, 6) is 2.42. The van der Waals surface area contributed by atoms with E-state index in [9.17, 15) is 0 Å². The van der Waals surface area contributed by atoms with Crippen molar-refractivity contribution in [2.24, 2.45) is 34.0 Å². The molecule has 4 unspecified atom stereocenters. The maximum absolute atomic E-state index is 2.63. The van der Waals surface area contributed by atoms with Crippen LogP contribution in [0.2, 0.25) is 0 Å². The minimum absolute atomic E-state index is 0.147. The predicted octanol–water partition coefficient (Wildman–Crippen LogP) is 15.2. The Kier molecular flexibility index (Phi) is 9.56. The van der Waals surface area contributed by atoms with Crippen molar-refractivity contribution in [2.75, 3.05) is 4.90 Å². The number of hydrogen-bond donors (Lipinski definition) is 0. The number of nitrogens with zero attached hydrogens (tertiary/aromatic N) is 1. The van der Waals surface area contributed by atoms with Crippen LogP contribution in [-0.4, -0.2) is 0 Å². The molecule has 56 heavy (non-hydrogen) atoms. The fourth-order valence-corrected chi connectivity index (χ4v) is 11.4. The van der Waals surface area contributed by atoms with E-state index >= 15 is 0 Å². The van der Waals surface area contributed by atoms with E-state index in [0.29, 0.717) is 23.7 Å². The number of allylic oxidation sites excluding steroid dienone is 12. The van der Waals surface area contributed by atoms with Crippen molar-refractivity contribution in [1.29, 1.82) is 0 Å². The van der Waals surface area contributed by atoms with Crippen LogP contribution in [0.1, 0.15) is 96.6 Å². The first-order valence-electron chi connectivity index (χ1n) is 21.4. The Morgan fingerprint density at radius 3 is 1.93 bits per heavy atom. The normalized spacial score (nSPS) is 27.5. The second-order valence-corrected chi connectivity index (χ2v) is 18.7. The zero-order valence-corrected chi connectivity index (χ0v) is 34.2. The van der Waals surface area contributed by atoms with Crippen LogP contribution in [0, 0.1) is 34.0 Å². The molecule has 0 aliphatic heterocycles. The summed E-state index contributed by atoms with van der Waals surface area (Å²) < 4.78 is 0. The van der Waals surface area contributed by atoms with Crippen molar-refractivity contribution < 1.29 is 0 Å². The Bertz CT molecular complexity index is 2240. The van der Waals surface area contributed by atoms with Gasteiger partial charge in [0, 0.05) is 17.1 Å². The highest BCUT2D eigenvalue weighted by molar-refractivity contribution is 5.75. The zero-order valence-electron chi connectivity index (χ0n) is 34.2. The molecule has 0 bridgehead atoms. The predicted molar refractivity (Wildman–Crippen MR) is 239 cm³/mol. The fraction of sp³-hybridized carbons (Fsp3) is 0.345. The van der Waals surface area contributed by atoms with Crippen LogP contribution in [0.4, 0.5) is 11.4 Å². The van der Waals surface area contributed by atoms with Crippen molar-refractivity contribution in [3.8, 4) is 11.1 Å². The lowest BCUT2D eigenvalue weighted by atomic mass is 9.40. The Hall–Kier alpha value is -4.88. The monoisotopic (exact) mass is 733 g/mol. The molecule has 4 aromatic carbocycles. The standard InChI is InChI=1S/C55H59N/c1-53(2)51-37-45(41-19-13-8-14-20-41)27-34-50(51)55(5)36-35-46(38-52(55)54(53,3)4)44-25-32-49(33-26-44)56(47-28-21-42(22-29-47)39-15-9-6-10-16-39)48-30-23-43(24-31-48)40-17-11-7-12-18-40/h6-19,21-23,25-30,32-34,41,45-46,52H,20,24,31,35-38H2,1-5H3/t41-,45?,46?,52?,55?/m0/s1. The molecule has 4 aromatic rings. The van der Waals surface area contributed by atoms with Crippen molar-refractivity contribution in [3.05, 3.63) is 186 Å². The lowest BCUT2D eigenvalue weighted by Gasteiger charge is -2.64. The molecule has 0 radical (unpaired) electrons. The minimum Gasteiger partial charge on any atom is -0.314 e. The molecule has 0 aromatic heterocycles. The highest BCUT2D eigenvalue weighted by atomic mass is 15.1. The van der Waals surface area contributed by atoms with Gasteiger partial charge in [0.1, 0.15) is 0 Å². The quantitative estimate of drug-likeness (QED) is 0.183. The first kappa shape index (κ1) is 36.7. The van der Waals surface area contributed by atoms with Gasteiger partial charge >= 0.3 is 0 Å². The summed E-state index contributed by atoms with van der Waals surface area (Å²) in [6.07, 6.45) is 27.3. The summed E-state index contributed by atoms with van der Waals surface area (Å²) in [5.41, 5.74) is 14.5. The van der Waals surface area contributed by atoms with Gasteiger partial charge in [0.2, 0.25) is 0 Å². The van der Waals surface area contributed by atoms with E-state index in [1.54, 1.807) is 11.1 Å². The van der Waals surface area contributed by atoms with Gasteiger partial charge in [0.05, 0.1) is 0 Å². The van der Waals surface area contributed by atoms with Crippen LogP contribution in [0.15, 0.2) is 175 Å². The number of anilines is 2. The molecule has 5 aliphatic rings. The summed E-state index contributed by atoms with van der Waals surface area (Å²) >= 11 is 0. The largest absolute Gasteiger partial charge is 0.314 e. The molecule has 5 atom stereocenters. The van der Waals surface area contributed by atoms with Gasteiger partial charge < -0.3 is 4.90 Å². The summed E-state index contributed by atoms with van der Waals surface area (Å²) in [5, 5.41) is 0. The van der Waals surface area contributed by atoms with E-state index in [1.165, 1.54) is 77.0 Å². The van der Waals surface area contributed by atoms with E-state index in [4.69, 9.17) is 0 Å². The average molecular weight is 734 g/mol. The lowest BCUT2D eigenvalue weighted by molar-refractivity contribution is -0.0516. The van der Waals surface area contributed by atoms with Gasteiger partial charge in [0.25, 0.3) is 0 Å². The molecule has 1 nitrogen and oxygen atoms in total. The maximum atomic E-state index is 2.63. The van der Waals surface area contributed by atoms with Gasteiger partial charge in [-0.15, -0.1) is 0 Å². The molecular weight excluding hydrogens is 675 g/mol. The maximum Gasteiger partial charge on any atom is 0.0458 e. The Balaban J connectivity index is 1.00. The Labute approximate surface area is 337 Å². The van der Waals surface area contributed by atoms with Crippen molar-refractivity contribution >= 4 is 16.9 Å². The topological polar surface area (TPSA) is 3.24 Å². The molecular formula is C55H59N. The SMILES string of the molecule is CC12CCC(c3ccc(N(C4=CC=C(c5ccccc5)CC4)c4ccc(-c5ccccc5)cc4)cc3)CC1C(C)(C)C(C)(C)C1=C2C=CC([C@H]2C=CC=CC2)C1. The molecule has 0 spiro atoms. The first-order chi connectivity index (χ1) is 27.1. The molecule has 0 saturated heterocycles. The number of benzene rings is 4. The molecule has 1 saturated carbocycles. The van der Waals surface area contributed by atoms with Crippen LogP contribution >= 0.6 is 0 Å². The van der Waals surface area contributed by atoms with Crippen LogP contribution in [0.5, 0.6) is 0 Å². The highest BCUT2D eigenvalue weighted by Crippen LogP contribution is 2.69. The van der Waals surface area contributed by atoms with Crippen LogP contribution in [0.3, 0.4) is 0 Å². The average Bonchev–Trinajstić information content (AvgIpc) is 3.25. The summed E-state index contributed by atoms with van der Waals surface area (Å²) in [4.78, 5) is 2.50. The number of fused-ring (bicyclic) bond motifs is 2. The summed E-state index contributed by atoms with van der Waals surface area (Å²) in [7, 11) is 0. The van der Waals surface area contributed by atoms with E-state index < -0.39 is 0 Å². The van der Waals surface area contributed by atoms with Gasteiger partial charge in [-0.25, -0.2) is 0 Å². The minimum atomic E-state index is 0.147. The third-order valence-electron chi connectivity index (χ3n) is 15.4. The molecule has 0 heterocycles. The highest BCUT2D eigenvalue weighted by Gasteiger charge is 2.59. The Morgan fingerprint density at radius 2 is 1.29 bits per heavy atom. The Morgan fingerprint density at radius 1 is 0.625 bits per heavy atom. The van der Waals surface area contributed by atoms with Gasteiger partial charge in [-0.2, -0.15) is 0 Å². The molecule has 284 valence electrons. The molecule has 9 rings (SSSR count). The third kappa shape index (κ3) is 6.42. The molecule has 0 amide bonds. The van der Waals surface area contributed by atoms with Gasteiger partial charge in [-0.05, 0) is 149 Å². The second kappa shape index (κ2) is 14.6. The molecule has 1 fully saturated rings. The van der Waals surface area contributed by atoms with E-state index in [2.05, 4.69) is 197 Å². The second-order valence-electron chi connectivity index (χ2n) is 18.7. The van der Waals surface area contributed by atoms with Gasteiger partial charge in [0.15, 0.2) is 0 Å². The smallest absolute Gasteiger partial charge is 0.0458 e. The lowest BCUT2D eigenvalue weighted by Crippen LogP contribution is -2.55. The van der Waals surface area contributed by atoms with Crippen molar-refractivity contribution in [1.82, 2.24) is 0 Å². The summed E-state index contributed by atoms with van der Waals surface area (Å²) in [6, 6.07) is 40.5. The van der Waals surface area contributed by atoms with Crippen molar-refractivity contribution in [3.63, 3.8) is 0 Å². The zero-order chi connectivity index (χ0) is 38.5. The molecule has 5 aliphatic carbocycles. The van der Waals surface area contributed by atoms with Crippen molar-refractivity contribution in [2.45, 2.75) is 85.5 Å². The third-order valence-corrected chi connectivity index (χ3v) is 15.4. The van der Waals surface area contributed by atoms with Gasteiger partial charge in [-0.3, -0.25) is 0 Å². The van der Waals surface area contributed by atoms with Crippen LogP contribution < -0.4 is 4.90 Å².